The zero-order chi connectivity index (χ0) is 20.4. The molecular formula is C19H19FN8O. The predicted octanol–water partition coefficient (Wildman–Crippen LogP) is 2.66. The Bertz CT molecular complexity index is 1150. The van der Waals surface area contributed by atoms with E-state index in [0.29, 0.717) is 28.8 Å². The molecule has 0 bridgehead atoms. The molecule has 4 aromatic rings. The molecule has 2 amide bonds. The second kappa shape index (κ2) is 7.58. The molecule has 4 N–H and O–H groups in total. The Hall–Kier alpha value is -3.95. The summed E-state index contributed by atoms with van der Waals surface area (Å²) in [6.45, 7) is 1.90. The zero-order valence-corrected chi connectivity index (χ0v) is 15.8. The van der Waals surface area contributed by atoms with Crippen LogP contribution in [0, 0.1) is 12.7 Å². The van der Waals surface area contributed by atoms with Gasteiger partial charge >= 0.3 is 6.03 Å². The minimum absolute atomic E-state index is 0.348. The van der Waals surface area contributed by atoms with Crippen molar-refractivity contribution in [1.82, 2.24) is 35.2 Å². The average molecular weight is 394 g/mol. The van der Waals surface area contributed by atoms with E-state index in [9.17, 15) is 9.18 Å². The molecule has 1 aromatic carbocycles. The number of amides is 2. The SMILES string of the molecule is CNC(=O)NC(c1ccc(F)cc1)c1nc(Nc2cc(C)[nH]n2)n2cccc2n1. The van der Waals surface area contributed by atoms with Gasteiger partial charge in [0.05, 0.1) is 0 Å². The highest BCUT2D eigenvalue weighted by molar-refractivity contribution is 5.74. The highest BCUT2D eigenvalue weighted by Crippen LogP contribution is 2.23. The summed E-state index contributed by atoms with van der Waals surface area (Å²) < 4.78 is 15.2. The predicted molar refractivity (Wildman–Crippen MR) is 105 cm³/mol. The molecule has 10 heteroatoms. The highest BCUT2D eigenvalue weighted by Gasteiger charge is 2.22. The Balaban J connectivity index is 1.80. The van der Waals surface area contributed by atoms with Gasteiger partial charge in [-0.25, -0.2) is 14.2 Å². The number of rotatable bonds is 5. The molecule has 3 aromatic heterocycles. The lowest BCUT2D eigenvalue weighted by Crippen LogP contribution is -2.37. The molecular weight excluding hydrogens is 375 g/mol. The second-order valence-corrected chi connectivity index (χ2v) is 6.41. The van der Waals surface area contributed by atoms with Crippen LogP contribution in [0.15, 0.2) is 48.7 Å². The van der Waals surface area contributed by atoms with E-state index < -0.39 is 12.1 Å². The van der Waals surface area contributed by atoms with Gasteiger partial charge in [0.15, 0.2) is 11.6 Å². The molecule has 0 spiro atoms. The molecule has 0 radical (unpaired) electrons. The maximum Gasteiger partial charge on any atom is 0.315 e. The minimum Gasteiger partial charge on any atom is -0.341 e. The lowest BCUT2D eigenvalue weighted by atomic mass is 10.1. The molecule has 1 atom stereocenters. The van der Waals surface area contributed by atoms with Crippen molar-refractivity contribution < 1.29 is 9.18 Å². The summed E-state index contributed by atoms with van der Waals surface area (Å²) in [6.07, 6.45) is 1.82. The number of anilines is 2. The summed E-state index contributed by atoms with van der Waals surface area (Å²) in [4.78, 5) is 21.2. The first-order valence-corrected chi connectivity index (χ1v) is 8.91. The number of nitrogens with zero attached hydrogens (tertiary/aromatic N) is 4. The number of H-pyrrole nitrogens is 1. The highest BCUT2D eigenvalue weighted by atomic mass is 19.1. The molecule has 0 saturated carbocycles. The van der Waals surface area contributed by atoms with Gasteiger partial charge in [0.1, 0.15) is 17.5 Å². The van der Waals surface area contributed by atoms with Crippen LogP contribution in [0.1, 0.15) is 23.1 Å². The van der Waals surface area contributed by atoms with Gasteiger partial charge in [0.2, 0.25) is 5.95 Å². The van der Waals surface area contributed by atoms with Gasteiger partial charge in [-0.15, -0.1) is 0 Å². The molecule has 4 rings (SSSR count). The van der Waals surface area contributed by atoms with Gasteiger partial charge in [-0.2, -0.15) is 10.1 Å². The number of aromatic nitrogens is 5. The Morgan fingerprint density at radius 2 is 2.00 bits per heavy atom. The number of hydrogen-bond acceptors (Lipinski definition) is 5. The van der Waals surface area contributed by atoms with E-state index in [-0.39, 0.29) is 5.82 Å². The Kier molecular flexibility index (Phi) is 4.82. The molecule has 0 aliphatic carbocycles. The minimum atomic E-state index is -0.683. The summed E-state index contributed by atoms with van der Waals surface area (Å²) in [6, 6.07) is 10.3. The van der Waals surface area contributed by atoms with Crippen molar-refractivity contribution >= 4 is 23.4 Å². The summed E-state index contributed by atoms with van der Waals surface area (Å²) in [5, 5.41) is 15.5. The van der Waals surface area contributed by atoms with E-state index in [2.05, 4.69) is 36.1 Å². The largest absolute Gasteiger partial charge is 0.341 e. The van der Waals surface area contributed by atoms with Gasteiger partial charge in [-0.05, 0) is 36.8 Å². The Labute approximate surface area is 165 Å². The number of fused-ring (bicyclic) bond motifs is 1. The van der Waals surface area contributed by atoms with Crippen molar-refractivity contribution in [2.45, 2.75) is 13.0 Å². The van der Waals surface area contributed by atoms with Crippen LogP contribution in [0.25, 0.3) is 5.65 Å². The monoisotopic (exact) mass is 394 g/mol. The van der Waals surface area contributed by atoms with Crippen LogP contribution >= 0.6 is 0 Å². The van der Waals surface area contributed by atoms with Gasteiger partial charge in [-0.3, -0.25) is 9.50 Å². The number of hydrogen-bond donors (Lipinski definition) is 4. The fourth-order valence-corrected chi connectivity index (χ4v) is 2.92. The topological polar surface area (TPSA) is 112 Å². The van der Waals surface area contributed by atoms with E-state index in [4.69, 9.17) is 0 Å². The zero-order valence-electron chi connectivity index (χ0n) is 15.8. The number of aryl methyl sites for hydroxylation is 1. The number of nitrogens with one attached hydrogen (secondary N) is 4. The molecule has 148 valence electrons. The number of benzene rings is 1. The van der Waals surface area contributed by atoms with Crippen LogP contribution in [0.5, 0.6) is 0 Å². The average Bonchev–Trinajstić information content (AvgIpc) is 3.35. The van der Waals surface area contributed by atoms with E-state index >= 15 is 0 Å². The lowest BCUT2D eigenvalue weighted by Gasteiger charge is -2.19. The van der Waals surface area contributed by atoms with Gasteiger partial charge in [-0.1, -0.05) is 12.1 Å². The Morgan fingerprint density at radius 3 is 2.69 bits per heavy atom. The van der Waals surface area contributed by atoms with E-state index in [0.717, 1.165) is 5.69 Å². The van der Waals surface area contributed by atoms with Crippen LogP contribution in [-0.2, 0) is 0 Å². The third-order valence-corrected chi connectivity index (χ3v) is 4.31. The number of carbonyl (C=O) groups excluding carboxylic acids is 1. The van der Waals surface area contributed by atoms with Crippen molar-refractivity contribution in [1.29, 1.82) is 0 Å². The molecule has 9 nitrogen and oxygen atoms in total. The van der Waals surface area contributed by atoms with Crippen molar-refractivity contribution in [2.75, 3.05) is 12.4 Å². The molecule has 29 heavy (non-hydrogen) atoms. The quantitative estimate of drug-likeness (QED) is 0.416. The van der Waals surface area contributed by atoms with E-state index in [1.54, 1.807) is 16.5 Å². The van der Waals surface area contributed by atoms with Gasteiger partial charge in [0.25, 0.3) is 0 Å². The summed E-state index contributed by atoms with van der Waals surface area (Å²) >= 11 is 0. The fourth-order valence-electron chi connectivity index (χ4n) is 2.92. The standard InChI is InChI=1S/C19H19FN8O/c1-11-10-14(27-26-11)22-18-25-17(23-15-4-3-9-28(15)18)16(24-19(29)21-2)12-5-7-13(20)8-6-12/h3-10,16H,1-2H3,(H2,21,24,29)(H2,22,23,25,26,27). The first-order chi connectivity index (χ1) is 14.0. The smallest absolute Gasteiger partial charge is 0.315 e. The third kappa shape index (κ3) is 3.86. The second-order valence-electron chi connectivity index (χ2n) is 6.41. The first-order valence-electron chi connectivity index (χ1n) is 8.91. The number of halogens is 1. The lowest BCUT2D eigenvalue weighted by molar-refractivity contribution is 0.240. The van der Waals surface area contributed by atoms with Crippen LogP contribution in [0.2, 0.25) is 0 Å². The van der Waals surface area contributed by atoms with Crippen LogP contribution in [0.4, 0.5) is 21.0 Å². The molecule has 0 aliphatic heterocycles. The van der Waals surface area contributed by atoms with E-state index in [1.165, 1.54) is 19.2 Å². The number of carbonyl (C=O) groups is 1. The number of urea groups is 1. The van der Waals surface area contributed by atoms with Crippen molar-refractivity contribution in [3.63, 3.8) is 0 Å². The van der Waals surface area contributed by atoms with Crippen molar-refractivity contribution in [2.24, 2.45) is 0 Å². The normalized spacial score (nSPS) is 12.0. The summed E-state index contributed by atoms with van der Waals surface area (Å²) in [7, 11) is 1.51. The molecule has 1 unspecified atom stereocenters. The van der Waals surface area contributed by atoms with Crippen LogP contribution in [0.3, 0.4) is 0 Å². The summed E-state index contributed by atoms with van der Waals surface area (Å²) in [5.41, 5.74) is 2.18. The van der Waals surface area contributed by atoms with Crippen LogP contribution < -0.4 is 16.0 Å². The van der Waals surface area contributed by atoms with Crippen LogP contribution in [-0.4, -0.2) is 37.6 Å². The number of aromatic amines is 1. The Morgan fingerprint density at radius 1 is 1.21 bits per heavy atom. The first kappa shape index (κ1) is 18.4. The molecule has 0 fully saturated rings. The fraction of sp³-hybridized carbons (Fsp3) is 0.158. The van der Waals surface area contributed by atoms with Gasteiger partial charge in [0, 0.05) is 25.0 Å². The summed E-state index contributed by atoms with van der Waals surface area (Å²) in [5.74, 6) is 1.06. The van der Waals surface area contributed by atoms with Crippen molar-refractivity contribution in [3.8, 4) is 0 Å². The molecule has 3 heterocycles. The maximum absolute atomic E-state index is 13.4. The molecule has 0 saturated heterocycles. The van der Waals surface area contributed by atoms with E-state index in [1.807, 2.05) is 31.3 Å². The molecule has 0 aliphatic rings. The van der Waals surface area contributed by atoms with Crippen molar-refractivity contribution in [3.05, 3.63) is 71.6 Å². The third-order valence-electron chi connectivity index (χ3n) is 4.31. The maximum atomic E-state index is 13.4. The van der Waals surface area contributed by atoms with Gasteiger partial charge < -0.3 is 16.0 Å².